The molecule has 1 aliphatic heterocycles. The first-order valence-corrected chi connectivity index (χ1v) is 20.8. The Morgan fingerprint density at radius 1 is 0.414 bits per heavy atom. The third-order valence-electron chi connectivity index (χ3n) is 12.2. The average molecular weight is 762 g/mol. The molecule has 0 amide bonds. The third kappa shape index (κ3) is 4.40. The van der Waals surface area contributed by atoms with Crippen molar-refractivity contribution >= 4 is 9.84 Å². The Labute approximate surface area is 336 Å². The van der Waals surface area contributed by atoms with Crippen molar-refractivity contribution in [1.82, 2.24) is 15.0 Å². The molecule has 7 aromatic carbocycles. The predicted molar refractivity (Wildman–Crippen MR) is 229 cm³/mol. The van der Waals surface area contributed by atoms with Gasteiger partial charge < -0.3 is 0 Å². The lowest BCUT2D eigenvalue weighted by Crippen LogP contribution is -2.29. The van der Waals surface area contributed by atoms with Crippen molar-refractivity contribution in [2.24, 2.45) is 0 Å². The summed E-state index contributed by atoms with van der Waals surface area (Å²) in [5.74, 6) is 0.620. The second-order valence-electron chi connectivity index (χ2n) is 15.1. The summed E-state index contributed by atoms with van der Waals surface area (Å²) in [7, 11) is -3.84. The van der Waals surface area contributed by atoms with Crippen LogP contribution < -0.4 is 0 Å². The molecular formula is C52H31N3O2S. The highest BCUT2D eigenvalue weighted by molar-refractivity contribution is 7.92. The fraction of sp³-hybridized carbons (Fsp3) is 0.0192. The predicted octanol–water partition coefficient (Wildman–Crippen LogP) is 11.7. The van der Waals surface area contributed by atoms with Crippen molar-refractivity contribution in [2.75, 3.05) is 0 Å². The molecule has 12 rings (SSSR count). The zero-order valence-electron chi connectivity index (χ0n) is 31.0. The molecule has 0 N–H and O–H groups in total. The van der Waals surface area contributed by atoms with E-state index in [9.17, 15) is 8.42 Å². The molecule has 1 unspecified atom stereocenters. The molecule has 2 aliphatic carbocycles. The molecule has 9 aromatic rings. The van der Waals surface area contributed by atoms with E-state index in [1.165, 1.54) is 0 Å². The number of sulfone groups is 1. The highest BCUT2D eigenvalue weighted by Gasteiger charge is 2.52. The monoisotopic (exact) mass is 761 g/mol. The maximum absolute atomic E-state index is 14.8. The van der Waals surface area contributed by atoms with E-state index >= 15 is 0 Å². The van der Waals surface area contributed by atoms with Gasteiger partial charge in [-0.25, -0.2) is 18.4 Å². The third-order valence-corrected chi connectivity index (χ3v) is 14.1. The van der Waals surface area contributed by atoms with Crippen LogP contribution in [-0.4, -0.2) is 23.4 Å². The van der Waals surface area contributed by atoms with E-state index in [-0.39, 0.29) is 0 Å². The molecule has 1 atom stereocenters. The summed E-state index contributed by atoms with van der Waals surface area (Å²) in [5, 5.41) is 0. The standard InChI is InChI=1S/C52H31N3O2S/c56-58(57)48-23-11-8-19-39(48)40-26-27-44-49(50(40)58)41-20-7-10-22-43(41)52(44)42-21-9-6-18-37(42)35-16-4-5-17-36(35)38-25-24-33(29-45(38)52)46-30-47(34-15-12-28-53-31-34)55-51(54-46)32-13-2-1-3-14-32/h1-31H. The molecule has 58 heavy (non-hydrogen) atoms. The van der Waals surface area contributed by atoms with Crippen LogP contribution in [-0.2, 0) is 15.3 Å². The number of aromatic nitrogens is 3. The first-order chi connectivity index (χ1) is 28.5. The zero-order chi connectivity index (χ0) is 38.6. The molecule has 0 bridgehead atoms. The Kier molecular flexibility index (Phi) is 6.87. The summed E-state index contributed by atoms with van der Waals surface area (Å²) in [5.41, 5.74) is 15.2. The van der Waals surface area contributed by atoms with E-state index in [0.29, 0.717) is 15.6 Å². The van der Waals surface area contributed by atoms with Gasteiger partial charge in [-0.3, -0.25) is 4.98 Å². The Morgan fingerprint density at radius 2 is 1.00 bits per heavy atom. The van der Waals surface area contributed by atoms with E-state index in [1.807, 2.05) is 85.1 Å². The first-order valence-electron chi connectivity index (χ1n) is 19.3. The fourth-order valence-electron chi connectivity index (χ4n) is 9.81. The first kappa shape index (κ1) is 32.9. The van der Waals surface area contributed by atoms with E-state index in [2.05, 4.69) is 96.0 Å². The number of rotatable bonds is 3. The van der Waals surface area contributed by atoms with Crippen molar-refractivity contribution in [3.63, 3.8) is 0 Å². The van der Waals surface area contributed by atoms with E-state index in [1.54, 1.807) is 12.3 Å². The van der Waals surface area contributed by atoms with Crippen molar-refractivity contribution in [2.45, 2.75) is 15.2 Å². The van der Waals surface area contributed by atoms with Crippen molar-refractivity contribution in [3.05, 3.63) is 211 Å². The Hall–Kier alpha value is -7.28. The van der Waals surface area contributed by atoms with Gasteiger partial charge in [0.1, 0.15) is 0 Å². The van der Waals surface area contributed by atoms with Gasteiger partial charge >= 0.3 is 0 Å². The van der Waals surface area contributed by atoms with Crippen LogP contribution in [0, 0.1) is 0 Å². The van der Waals surface area contributed by atoms with Crippen LogP contribution in [0.2, 0.25) is 0 Å². The largest absolute Gasteiger partial charge is 0.264 e. The molecule has 0 saturated carbocycles. The maximum atomic E-state index is 14.8. The van der Waals surface area contributed by atoms with Gasteiger partial charge in [0.25, 0.3) is 0 Å². The number of pyridine rings is 1. The maximum Gasteiger partial charge on any atom is 0.208 e. The van der Waals surface area contributed by atoms with Crippen LogP contribution in [0.5, 0.6) is 0 Å². The normalized spacial score (nSPS) is 15.9. The molecule has 6 heteroatoms. The molecule has 3 heterocycles. The van der Waals surface area contributed by atoms with Crippen LogP contribution in [0.3, 0.4) is 0 Å². The molecule has 2 aromatic heterocycles. The summed E-state index contributed by atoms with van der Waals surface area (Å²) in [6.45, 7) is 0. The molecule has 272 valence electrons. The molecule has 0 fully saturated rings. The summed E-state index contributed by atoms with van der Waals surface area (Å²) in [4.78, 5) is 15.4. The molecule has 5 nitrogen and oxygen atoms in total. The minimum absolute atomic E-state index is 0.357. The molecule has 1 spiro atoms. The van der Waals surface area contributed by atoms with Crippen molar-refractivity contribution in [1.29, 1.82) is 0 Å². The topological polar surface area (TPSA) is 72.8 Å². The van der Waals surface area contributed by atoms with Gasteiger partial charge in [-0.05, 0) is 80.4 Å². The summed E-state index contributed by atoms with van der Waals surface area (Å²) in [6, 6.07) is 60.0. The number of fused-ring (bicyclic) bond motifs is 16. The van der Waals surface area contributed by atoms with E-state index in [0.717, 1.165) is 94.8 Å². The summed E-state index contributed by atoms with van der Waals surface area (Å²) < 4.78 is 29.5. The smallest absolute Gasteiger partial charge is 0.208 e. The molecule has 0 radical (unpaired) electrons. The Balaban J connectivity index is 1.21. The molecular weight excluding hydrogens is 731 g/mol. The Bertz CT molecular complexity index is 3250. The van der Waals surface area contributed by atoms with Crippen LogP contribution in [0.1, 0.15) is 22.3 Å². The van der Waals surface area contributed by atoms with Crippen LogP contribution in [0.4, 0.5) is 0 Å². The second-order valence-corrected chi connectivity index (χ2v) is 16.9. The number of hydrogen-bond acceptors (Lipinski definition) is 5. The van der Waals surface area contributed by atoms with Crippen LogP contribution in [0.25, 0.3) is 78.4 Å². The van der Waals surface area contributed by atoms with Gasteiger partial charge in [0.05, 0.1) is 26.6 Å². The van der Waals surface area contributed by atoms with Gasteiger partial charge in [0, 0.05) is 45.8 Å². The van der Waals surface area contributed by atoms with Crippen molar-refractivity contribution in [3.8, 4) is 78.4 Å². The minimum Gasteiger partial charge on any atom is -0.264 e. The summed E-state index contributed by atoms with van der Waals surface area (Å²) >= 11 is 0. The van der Waals surface area contributed by atoms with Crippen molar-refractivity contribution < 1.29 is 8.42 Å². The lowest BCUT2D eigenvalue weighted by molar-refractivity contribution is 0.599. The van der Waals surface area contributed by atoms with E-state index in [4.69, 9.17) is 9.97 Å². The number of nitrogens with zero attached hydrogens (tertiary/aromatic N) is 3. The van der Waals surface area contributed by atoms with E-state index < -0.39 is 15.3 Å². The lowest BCUT2D eigenvalue weighted by Gasteiger charge is -2.35. The van der Waals surface area contributed by atoms with Gasteiger partial charge in [-0.1, -0.05) is 146 Å². The minimum atomic E-state index is -3.84. The SMILES string of the molecule is O=S1(=O)c2ccccc2-c2ccc3c(c21)-c1ccccc1C31c2ccccc2-c2ccccc2-c2ccc(-c3cc(-c4cccnc4)nc(-c4ccccc4)n3)cc21. The zero-order valence-corrected chi connectivity index (χ0v) is 31.8. The summed E-state index contributed by atoms with van der Waals surface area (Å²) in [6.07, 6.45) is 3.60. The number of hydrogen-bond donors (Lipinski definition) is 0. The van der Waals surface area contributed by atoms with Gasteiger partial charge in [0.15, 0.2) is 5.82 Å². The van der Waals surface area contributed by atoms with Crippen LogP contribution in [0.15, 0.2) is 198 Å². The average Bonchev–Trinajstić information content (AvgIpc) is 3.68. The highest BCUT2D eigenvalue weighted by Crippen LogP contribution is 2.64. The molecule has 0 saturated heterocycles. The lowest BCUT2D eigenvalue weighted by atomic mass is 9.65. The number of benzene rings is 7. The molecule has 3 aliphatic rings. The highest BCUT2D eigenvalue weighted by atomic mass is 32.2. The van der Waals surface area contributed by atoms with Gasteiger partial charge in [0.2, 0.25) is 9.84 Å². The van der Waals surface area contributed by atoms with Gasteiger partial charge in [-0.15, -0.1) is 0 Å². The quantitative estimate of drug-likeness (QED) is 0.179. The van der Waals surface area contributed by atoms with Crippen LogP contribution >= 0.6 is 0 Å². The second kappa shape index (κ2) is 12.1. The Morgan fingerprint density at radius 3 is 1.74 bits per heavy atom. The van der Waals surface area contributed by atoms with Gasteiger partial charge in [-0.2, -0.15) is 0 Å². The fourth-order valence-corrected chi connectivity index (χ4v) is 11.7.